The third-order valence-corrected chi connectivity index (χ3v) is 6.44. The van der Waals surface area contributed by atoms with E-state index in [0.29, 0.717) is 25.0 Å². The number of rotatable bonds is 9. The zero-order valence-corrected chi connectivity index (χ0v) is 19.4. The number of methoxy groups -OCH3 is 1. The molecule has 3 aromatic rings. The van der Waals surface area contributed by atoms with Crippen molar-refractivity contribution >= 4 is 5.97 Å². The number of carbonyl (C=O) groups is 1. The van der Waals surface area contributed by atoms with Crippen molar-refractivity contribution in [3.63, 3.8) is 0 Å². The predicted octanol–water partition coefficient (Wildman–Crippen LogP) is 4.49. The third-order valence-electron chi connectivity index (χ3n) is 6.44. The van der Waals surface area contributed by atoms with E-state index in [1.807, 2.05) is 59.2 Å². The number of aliphatic carboxylic acids is 1. The molecule has 1 aromatic heterocycles. The smallest absolute Gasteiger partial charge is 0.329 e. The highest BCUT2D eigenvalue weighted by atomic mass is 16.5. The van der Waals surface area contributed by atoms with E-state index in [-0.39, 0.29) is 12.2 Å². The first kappa shape index (κ1) is 23.7. The van der Waals surface area contributed by atoms with Gasteiger partial charge in [-0.05, 0) is 49.7 Å². The molecule has 0 saturated heterocycles. The normalized spacial score (nSPS) is 17.9. The van der Waals surface area contributed by atoms with Crippen molar-refractivity contribution < 1.29 is 19.4 Å². The lowest BCUT2D eigenvalue weighted by atomic mass is 9.82. The molecule has 178 valence electrons. The molecule has 0 spiro atoms. The highest BCUT2D eigenvalue weighted by molar-refractivity contribution is 5.78. The van der Waals surface area contributed by atoms with Crippen LogP contribution in [-0.4, -0.2) is 41.0 Å². The molecule has 2 aromatic carbocycles. The van der Waals surface area contributed by atoms with Crippen LogP contribution in [0.5, 0.6) is 5.75 Å². The standard InChI is InChI=1S/C27H30N2O5/c1-33-23-9-5-8-22(14-23)27-26(21-6-3-2-4-7-21)28-15-24(30)29(27)16-19-10-12-20(13-11-19)17-34-18-25(31)32/h2-9,14-15,19-20H,10-13,16-18H2,1H3,(H,31,32). The number of ether oxygens (including phenoxy) is 2. The minimum atomic E-state index is -0.940. The molecule has 1 aliphatic rings. The molecule has 0 amide bonds. The van der Waals surface area contributed by atoms with Crippen LogP contribution in [0.25, 0.3) is 22.5 Å². The maximum absolute atomic E-state index is 13.1. The summed E-state index contributed by atoms with van der Waals surface area (Å²) in [5.41, 5.74) is 3.28. The Morgan fingerprint density at radius 1 is 1.03 bits per heavy atom. The lowest BCUT2D eigenvalue weighted by Gasteiger charge is -2.29. The van der Waals surface area contributed by atoms with Gasteiger partial charge in [-0.3, -0.25) is 4.79 Å². The van der Waals surface area contributed by atoms with Gasteiger partial charge < -0.3 is 19.1 Å². The maximum Gasteiger partial charge on any atom is 0.329 e. The number of hydrogen-bond acceptors (Lipinski definition) is 5. The quantitative estimate of drug-likeness (QED) is 0.504. The third kappa shape index (κ3) is 5.72. The number of benzene rings is 2. The van der Waals surface area contributed by atoms with Crippen LogP contribution in [0.15, 0.2) is 65.6 Å². The summed E-state index contributed by atoms with van der Waals surface area (Å²) >= 11 is 0. The van der Waals surface area contributed by atoms with Gasteiger partial charge in [0.25, 0.3) is 5.56 Å². The average Bonchev–Trinajstić information content (AvgIpc) is 2.86. The van der Waals surface area contributed by atoms with Gasteiger partial charge in [0.2, 0.25) is 0 Å². The van der Waals surface area contributed by atoms with Crippen molar-refractivity contribution in [3.05, 3.63) is 71.1 Å². The van der Waals surface area contributed by atoms with Crippen molar-refractivity contribution in [1.82, 2.24) is 9.55 Å². The molecule has 1 N–H and O–H groups in total. The molecule has 7 nitrogen and oxygen atoms in total. The van der Waals surface area contributed by atoms with E-state index in [9.17, 15) is 9.59 Å². The Kier molecular flexibility index (Phi) is 7.75. The van der Waals surface area contributed by atoms with Gasteiger partial charge in [0.05, 0.1) is 31.3 Å². The largest absolute Gasteiger partial charge is 0.497 e. The van der Waals surface area contributed by atoms with Gasteiger partial charge in [-0.25, -0.2) is 9.78 Å². The minimum Gasteiger partial charge on any atom is -0.497 e. The van der Waals surface area contributed by atoms with Crippen molar-refractivity contribution in [2.24, 2.45) is 11.8 Å². The average molecular weight is 463 g/mol. The van der Waals surface area contributed by atoms with Crippen molar-refractivity contribution in [1.29, 1.82) is 0 Å². The second kappa shape index (κ2) is 11.1. The molecule has 0 unspecified atom stereocenters. The monoisotopic (exact) mass is 462 g/mol. The van der Waals surface area contributed by atoms with E-state index in [4.69, 9.17) is 14.6 Å². The van der Waals surface area contributed by atoms with Crippen molar-refractivity contribution in [3.8, 4) is 28.3 Å². The Morgan fingerprint density at radius 2 is 1.74 bits per heavy atom. The summed E-state index contributed by atoms with van der Waals surface area (Å²) in [4.78, 5) is 28.3. The molecule has 0 atom stereocenters. The van der Waals surface area contributed by atoms with E-state index in [1.54, 1.807) is 7.11 Å². The maximum atomic E-state index is 13.1. The molecule has 1 fully saturated rings. The number of hydrogen-bond donors (Lipinski definition) is 1. The van der Waals surface area contributed by atoms with Crippen LogP contribution in [0.4, 0.5) is 0 Å². The summed E-state index contributed by atoms with van der Waals surface area (Å²) < 4.78 is 12.6. The topological polar surface area (TPSA) is 90.6 Å². The molecular formula is C27H30N2O5. The summed E-state index contributed by atoms with van der Waals surface area (Å²) in [6.45, 7) is 0.830. The zero-order valence-electron chi connectivity index (χ0n) is 19.4. The van der Waals surface area contributed by atoms with Crippen LogP contribution in [0.2, 0.25) is 0 Å². The SMILES string of the molecule is COc1cccc(-c2c(-c3ccccc3)ncc(=O)n2CC2CCC(COCC(=O)O)CC2)c1. The Morgan fingerprint density at radius 3 is 2.44 bits per heavy atom. The van der Waals surface area contributed by atoms with E-state index < -0.39 is 5.97 Å². The molecule has 0 radical (unpaired) electrons. The summed E-state index contributed by atoms with van der Waals surface area (Å²) in [7, 11) is 1.63. The number of carboxylic acids is 1. The fraction of sp³-hybridized carbons (Fsp3) is 0.370. The van der Waals surface area contributed by atoms with Crippen molar-refractivity contribution in [2.75, 3.05) is 20.3 Å². The fourth-order valence-electron chi connectivity index (χ4n) is 4.69. The first-order valence-electron chi connectivity index (χ1n) is 11.6. The summed E-state index contributed by atoms with van der Waals surface area (Å²) in [5.74, 6) is 0.498. The van der Waals surface area contributed by atoms with Crippen LogP contribution in [0.3, 0.4) is 0 Å². The second-order valence-corrected chi connectivity index (χ2v) is 8.80. The Labute approximate surface area is 199 Å². The van der Waals surface area contributed by atoms with Crippen LogP contribution in [0, 0.1) is 11.8 Å². The summed E-state index contributed by atoms with van der Waals surface area (Å²) in [6, 6.07) is 17.6. The van der Waals surface area contributed by atoms with Crippen molar-refractivity contribution in [2.45, 2.75) is 32.2 Å². The second-order valence-electron chi connectivity index (χ2n) is 8.80. The van der Waals surface area contributed by atoms with E-state index in [0.717, 1.165) is 53.9 Å². The van der Waals surface area contributed by atoms with Crippen LogP contribution in [0.1, 0.15) is 25.7 Å². The molecule has 4 rings (SSSR count). The highest BCUT2D eigenvalue weighted by Crippen LogP contribution is 2.34. The summed E-state index contributed by atoms with van der Waals surface area (Å²) in [6.07, 6.45) is 5.27. The highest BCUT2D eigenvalue weighted by Gasteiger charge is 2.24. The molecule has 1 heterocycles. The van der Waals surface area contributed by atoms with Crippen LogP contribution in [-0.2, 0) is 16.1 Å². The summed E-state index contributed by atoms with van der Waals surface area (Å²) in [5, 5.41) is 8.76. The lowest BCUT2D eigenvalue weighted by molar-refractivity contribution is -0.142. The minimum absolute atomic E-state index is 0.121. The van der Waals surface area contributed by atoms with Crippen LogP contribution >= 0.6 is 0 Å². The van der Waals surface area contributed by atoms with E-state index >= 15 is 0 Å². The van der Waals surface area contributed by atoms with Gasteiger partial charge >= 0.3 is 5.97 Å². The number of carboxylic acid groups (broad SMARTS) is 1. The molecule has 0 bridgehead atoms. The zero-order chi connectivity index (χ0) is 23.9. The van der Waals surface area contributed by atoms with Gasteiger partial charge in [-0.1, -0.05) is 42.5 Å². The Hall–Kier alpha value is -3.45. The van der Waals surface area contributed by atoms with E-state index in [2.05, 4.69) is 4.98 Å². The van der Waals surface area contributed by atoms with Gasteiger partial charge in [-0.15, -0.1) is 0 Å². The Bertz CT molecular complexity index is 1170. The molecule has 0 aliphatic heterocycles. The molecule has 1 saturated carbocycles. The van der Waals surface area contributed by atoms with Gasteiger partial charge in [-0.2, -0.15) is 0 Å². The predicted molar refractivity (Wildman–Crippen MR) is 130 cm³/mol. The fourth-order valence-corrected chi connectivity index (χ4v) is 4.69. The molecule has 1 aliphatic carbocycles. The molecular weight excluding hydrogens is 432 g/mol. The number of nitrogens with zero attached hydrogens (tertiary/aromatic N) is 2. The van der Waals surface area contributed by atoms with Gasteiger partial charge in [0, 0.05) is 17.7 Å². The molecule has 34 heavy (non-hydrogen) atoms. The number of aromatic nitrogens is 2. The van der Waals surface area contributed by atoms with E-state index in [1.165, 1.54) is 6.20 Å². The van der Waals surface area contributed by atoms with Gasteiger partial charge in [0.15, 0.2) is 0 Å². The van der Waals surface area contributed by atoms with Gasteiger partial charge in [0.1, 0.15) is 12.4 Å². The first-order valence-corrected chi connectivity index (χ1v) is 11.6. The molecule has 7 heteroatoms. The lowest BCUT2D eigenvalue weighted by Crippen LogP contribution is -2.29. The Balaban J connectivity index is 1.62. The van der Waals surface area contributed by atoms with Crippen LogP contribution < -0.4 is 10.3 Å². The first-order chi connectivity index (χ1) is 16.5.